The number of carbonyl (C=O) groups is 1. The lowest BCUT2D eigenvalue weighted by Gasteiger charge is -2.22. The molecule has 6 heteroatoms. The van der Waals surface area contributed by atoms with E-state index in [0.717, 1.165) is 10.6 Å². The summed E-state index contributed by atoms with van der Waals surface area (Å²) >= 11 is 0. The molecule has 0 aliphatic rings. The minimum Gasteiger partial charge on any atom is -0.495 e. The third-order valence-corrected chi connectivity index (χ3v) is 3.25. The van der Waals surface area contributed by atoms with E-state index in [9.17, 15) is 13.2 Å². The lowest BCUT2D eigenvalue weighted by Crippen LogP contribution is -2.34. The Labute approximate surface area is 101 Å². The lowest BCUT2D eigenvalue weighted by molar-refractivity contribution is -0.115. The molecule has 0 saturated heterocycles. The van der Waals surface area contributed by atoms with Crippen LogP contribution < -0.4 is 9.04 Å². The number of ketones is 1. The second-order valence-corrected chi connectivity index (χ2v) is 5.55. The molecule has 5 nitrogen and oxygen atoms in total. The summed E-state index contributed by atoms with van der Waals surface area (Å²) in [5.41, 5.74) is 0.368. The average molecular weight is 257 g/mol. The third kappa shape index (κ3) is 3.45. The summed E-state index contributed by atoms with van der Waals surface area (Å²) in [4.78, 5) is 11.1. The van der Waals surface area contributed by atoms with Gasteiger partial charge in [-0.1, -0.05) is 12.1 Å². The Hall–Kier alpha value is -1.56. The SMILES string of the molecule is COc1ccccc1N(CC(C)=O)S(C)(=O)=O. The number of sulfonamides is 1. The van der Waals surface area contributed by atoms with Crippen molar-refractivity contribution in [1.82, 2.24) is 0 Å². The van der Waals surface area contributed by atoms with Gasteiger partial charge in [-0.05, 0) is 19.1 Å². The van der Waals surface area contributed by atoms with Crippen LogP contribution in [-0.4, -0.2) is 34.1 Å². The smallest absolute Gasteiger partial charge is 0.232 e. The number of methoxy groups -OCH3 is 1. The van der Waals surface area contributed by atoms with Gasteiger partial charge in [-0.15, -0.1) is 0 Å². The van der Waals surface area contributed by atoms with Crippen molar-refractivity contribution < 1.29 is 17.9 Å². The number of benzene rings is 1. The Bertz CT molecular complexity index is 510. The van der Waals surface area contributed by atoms with E-state index < -0.39 is 10.0 Å². The van der Waals surface area contributed by atoms with Gasteiger partial charge in [0.05, 0.1) is 25.6 Å². The van der Waals surface area contributed by atoms with Crippen LogP contribution in [0.5, 0.6) is 5.75 Å². The summed E-state index contributed by atoms with van der Waals surface area (Å²) in [6, 6.07) is 6.67. The Balaban J connectivity index is 3.27. The zero-order valence-corrected chi connectivity index (χ0v) is 10.8. The first kappa shape index (κ1) is 13.5. The van der Waals surface area contributed by atoms with Crippen molar-refractivity contribution in [2.45, 2.75) is 6.92 Å². The van der Waals surface area contributed by atoms with E-state index in [-0.39, 0.29) is 12.3 Å². The fourth-order valence-electron chi connectivity index (χ4n) is 1.42. The number of hydrogen-bond donors (Lipinski definition) is 0. The van der Waals surface area contributed by atoms with Crippen LogP contribution in [0.1, 0.15) is 6.92 Å². The van der Waals surface area contributed by atoms with E-state index in [4.69, 9.17) is 4.74 Å². The molecule has 0 aliphatic carbocycles. The second-order valence-electron chi connectivity index (χ2n) is 3.64. The van der Waals surface area contributed by atoms with Crippen molar-refractivity contribution in [3.8, 4) is 5.75 Å². The topological polar surface area (TPSA) is 63.7 Å². The van der Waals surface area contributed by atoms with Crippen LogP contribution in [0.15, 0.2) is 24.3 Å². The molecule has 0 unspecified atom stereocenters. The van der Waals surface area contributed by atoms with E-state index in [1.54, 1.807) is 24.3 Å². The number of nitrogens with zero attached hydrogens (tertiary/aromatic N) is 1. The maximum absolute atomic E-state index is 11.7. The highest BCUT2D eigenvalue weighted by molar-refractivity contribution is 7.92. The van der Waals surface area contributed by atoms with Gasteiger partial charge >= 0.3 is 0 Å². The van der Waals surface area contributed by atoms with Crippen molar-refractivity contribution >= 4 is 21.5 Å². The van der Waals surface area contributed by atoms with Crippen molar-refractivity contribution in [1.29, 1.82) is 0 Å². The molecule has 1 rings (SSSR count). The van der Waals surface area contributed by atoms with Crippen LogP contribution in [0, 0.1) is 0 Å². The highest BCUT2D eigenvalue weighted by Crippen LogP contribution is 2.29. The van der Waals surface area contributed by atoms with E-state index in [2.05, 4.69) is 0 Å². The van der Waals surface area contributed by atoms with Crippen LogP contribution in [0.25, 0.3) is 0 Å². The van der Waals surface area contributed by atoms with Crippen molar-refractivity contribution in [2.75, 3.05) is 24.2 Å². The largest absolute Gasteiger partial charge is 0.495 e. The monoisotopic (exact) mass is 257 g/mol. The first-order chi connectivity index (χ1) is 7.86. The number of carbonyl (C=O) groups excluding carboxylic acids is 1. The molecule has 1 aromatic rings. The highest BCUT2D eigenvalue weighted by Gasteiger charge is 2.21. The van der Waals surface area contributed by atoms with E-state index in [0.29, 0.717) is 11.4 Å². The molecular weight excluding hydrogens is 242 g/mol. The molecule has 0 atom stereocenters. The summed E-state index contributed by atoms with van der Waals surface area (Å²) in [5, 5.41) is 0. The Kier molecular flexibility index (Phi) is 4.11. The molecule has 0 N–H and O–H groups in total. The predicted molar refractivity (Wildman–Crippen MR) is 65.9 cm³/mol. The zero-order chi connectivity index (χ0) is 13.1. The maximum atomic E-state index is 11.7. The normalized spacial score (nSPS) is 11.0. The number of anilines is 1. The van der Waals surface area contributed by atoms with Gasteiger partial charge in [-0.2, -0.15) is 0 Å². The summed E-state index contributed by atoms with van der Waals surface area (Å²) in [5.74, 6) is 0.181. The van der Waals surface area contributed by atoms with Gasteiger partial charge in [0.15, 0.2) is 0 Å². The molecular formula is C11H15NO4S. The fourth-order valence-corrected chi connectivity index (χ4v) is 2.34. The number of ether oxygens (including phenoxy) is 1. The molecule has 0 amide bonds. The summed E-state index contributed by atoms with van der Waals surface area (Å²) in [6.45, 7) is 1.15. The van der Waals surface area contributed by atoms with Crippen LogP contribution in [0.3, 0.4) is 0 Å². The Morgan fingerprint density at radius 3 is 2.41 bits per heavy atom. The molecule has 0 heterocycles. The Morgan fingerprint density at radius 2 is 1.94 bits per heavy atom. The molecule has 0 aliphatic heterocycles. The molecule has 94 valence electrons. The average Bonchev–Trinajstić information content (AvgIpc) is 2.24. The van der Waals surface area contributed by atoms with E-state index >= 15 is 0 Å². The molecule has 1 aromatic carbocycles. The highest BCUT2D eigenvalue weighted by atomic mass is 32.2. The van der Waals surface area contributed by atoms with Gasteiger partial charge in [0.1, 0.15) is 11.5 Å². The van der Waals surface area contributed by atoms with Crippen LogP contribution in [0.2, 0.25) is 0 Å². The summed E-state index contributed by atoms with van der Waals surface area (Å²) in [6.07, 6.45) is 1.06. The van der Waals surface area contributed by atoms with E-state index in [1.807, 2.05) is 0 Å². The molecule has 17 heavy (non-hydrogen) atoms. The molecule has 0 bridgehead atoms. The minimum absolute atomic E-state index is 0.195. The number of Topliss-reactive ketones (excluding diaryl/α,β-unsaturated/α-hetero) is 1. The standard InChI is InChI=1S/C11H15NO4S/c1-9(13)8-12(17(3,14)15)10-6-4-5-7-11(10)16-2/h4-7H,8H2,1-3H3. The second kappa shape index (κ2) is 5.18. The molecule has 0 radical (unpaired) electrons. The first-order valence-electron chi connectivity index (χ1n) is 4.96. The van der Waals surface area contributed by atoms with Gasteiger partial charge < -0.3 is 4.74 Å². The van der Waals surface area contributed by atoms with Gasteiger partial charge in [-0.25, -0.2) is 8.42 Å². The van der Waals surface area contributed by atoms with Crippen LogP contribution in [-0.2, 0) is 14.8 Å². The van der Waals surface area contributed by atoms with Gasteiger partial charge in [-0.3, -0.25) is 9.10 Å². The van der Waals surface area contributed by atoms with Crippen LogP contribution in [0.4, 0.5) is 5.69 Å². The number of rotatable bonds is 5. The van der Waals surface area contributed by atoms with E-state index in [1.165, 1.54) is 14.0 Å². The molecule has 0 spiro atoms. The first-order valence-corrected chi connectivity index (χ1v) is 6.81. The molecule has 0 aromatic heterocycles. The lowest BCUT2D eigenvalue weighted by atomic mass is 10.3. The van der Waals surface area contributed by atoms with Crippen molar-refractivity contribution in [3.63, 3.8) is 0 Å². The Morgan fingerprint density at radius 1 is 1.35 bits per heavy atom. The zero-order valence-electron chi connectivity index (χ0n) is 10.0. The fraction of sp³-hybridized carbons (Fsp3) is 0.364. The predicted octanol–water partition coefficient (Wildman–Crippen LogP) is 1.05. The quantitative estimate of drug-likeness (QED) is 0.791. The minimum atomic E-state index is -3.51. The number of hydrogen-bond acceptors (Lipinski definition) is 4. The summed E-state index contributed by atoms with van der Waals surface area (Å²) in [7, 11) is -2.06. The number of para-hydroxylation sites is 2. The maximum Gasteiger partial charge on any atom is 0.232 e. The van der Waals surface area contributed by atoms with Crippen molar-refractivity contribution in [3.05, 3.63) is 24.3 Å². The molecule has 0 fully saturated rings. The van der Waals surface area contributed by atoms with Crippen LogP contribution >= 0.6 is 0 Å². The van der Waals surface area contributed by atoms with Crippen molar-refractivity contribution in [2.24, 2.45) is 0 Å². The van der Waals surface area contributed by atoms with Gasteiger partial charge in [0.25, 0.3) is 0 Å². The van der Waals surface area contributed by atoms with Gasteiger partial charge in [0.2, 0.25) is 10.0 Å². The molecule has 0 saturated carbocycles. The van der Waals surface area contributed by atoms with Gasteiger partial charge in [0, 0.05) is 0 Å². The summed E-state index contributed by atoms with van der Waals surface area (Å²) < 4.78 is 29.4. The third-order valence-electron chi connectivity index (χ3n) is 2.12.